The van der Waals surface area contributed by atoms with E-state index >= 15 is 0 Å². The van der Waals surface area contributed by atoms with E-state index in [9.17, 15) is 36.2 Å². The van der Waals surface area contributed by atoms with Crippen molar-refractivity contribution in [3.8, 4) is 0 Å². The van der Waals surface area contributed by atoms with Crippen molar-refractivity contribution in [2.75, 3.05) is 6.54 Å². The highest BCUT2D eigenvalue weighted by atomic mass is 19.4. The second-order valence-electron chi connectivity index (χ2n) is 9.00. The Hall–Kier alpha value is -2.62. The Labute approximate surface area is 193 Å². The molecule has 0 saturated carbocycles. The number of aliphatic carboxylic acids is 1. The highest BCUT2D eigenvalue weighted by Gasteiger charge is 2.38. The molecular formula is C24H25F6N2O2-. The maximum Gasteiger partial charge on any atom is 0.433 e. The van der Waals surface area contributed by atoms with Crippen molar-refractivity contribution < 1.29 is 36.2 Å². The van der Waals surface area contributed by atoms with Gasteiger partial charge in [-0.25, -0.2) is 0 Å². The van der Waals surface area contributed by atoms with Crippen LogP contribution in [0.1, 0.15) is 67.6 Å². The third kappa shape index (κ3) is 6.08. The average Bonchev–Trinajstić information content (AvgIpc) is 2.73. The Bertz CT molecular complexity index is 971. The molecule has 2 aromatic rings. The number of benzene rings is 1. The number of hydrogen-bond acceptors (Lipinski definition) is 4. The molecule has 1 fully saturated rings. The van der Waals surface area contributed by atoms with Gasteiger partial charge in [-0.2, -0.15) is 26.3 Å². The van der Waals surface area contributed by atoms with E-state index in [2.05, 4.69) is 4.98 Å². The van der Waals surface area contributed by atoms with E-state index in [-0.39, 0.29) is 24.3 Å². The van der Waals surface area contributed by atoms with Crippen molar-refractivity contribution >= 4 is 5.97 Å². The van der Waals surface area contributed by atoms with Gasteiger partial charge in [-0.05, 0) is 67.0 Å². The number of pyridine rings is 1. The van der Waals surface area contributed by atoms with Crippen LogP contribution in [0.5, 0.6) is 0 Å². The van der Waals surface area contributed by atoms with Gasteiger partial charge >= 0.3 is 12.4 Å². The fraction of sp³-hybridized carbons (Fsp3) is 0.500. The molecule has 3 atom stereocenters. The predicted molar refractivity (Wildman–Crippen MR) is 110 cm³/mol. The topological polar surface area (TPSA) is 56.3 Å². The van der Waals surface area contributed by atoms with Gasteiger partial charge in [0.15, 0.2) is 0 Å². The van der Waals surface area contributed by atoms with Crippen LogP contribution in [0.15, 0.2) is 42.6 Å². The molecule has 0 unspecified atom stereocenters. The maximum atomic E-state index is 13.0. The molecule has 0 N–H and O–H groups in total. The lowest BCUT2D eigenvalue weighted by Gasteiger charge is -2.46. The highest BCUT2D eigenvalue weighted by molar-refractivity contribution is 5.64. The van der Waals surface area contributed by atoms with Gasteiger partial charge in [0.25, 0.3) is 0 Å². The van der Waals surface area contributed by atoms with Gasteiger partial charge in [-0.3, -0.25) is 9.88 Å². The molecule has 1 aliphatic heterocycles. The molecule has 1 saturated heterocycles. The first kappa shape index (κ1) is 26.0. The Morgan fingerprint density at radius 1 is 1.06 bits per heavy atom. The summed E-state index contributed by atoms with van der Waals surface area (Å²) in [5, 5.41) is 11.2. The molecule has 0 aliphatic carbocycles. The van der Waals surface area contributed by atoms with Gasteiger partial charge in [-0.1, -0.05) is 32.0 Å². The van der Waals surface area contributed by atoms with Crippen LogP contribution in [-0.2, 0) is 17.1 Å². The zero-order valence-corrected chi connectivity index (χ0v) is 18.7. The Balaban J connectivity index is 1.98. The van der Waals surface area contributed by atoms with Crippen LogP contribution in [0, 0.1) is 11.8 Å². The van der Waals surface area contributed by atoms with Crippen LogP contribution < -0.4 is 5.11 Å². The molecule has 1 aliphatic rings. The van der Waals surface area contributed by atoms with E-state index in [0.29, 0.717) is 30.5 Å². The fourth-order valence-corrected chi connectivity index (χ4v) is 4.74. The number of likely N-dealkylation sites (tertiary alicyclic amines) is 1. The van der Waals surface area contributed by atoms with Gasteiger partial charge in [0.2, 0.25) is 0 Å². The van der Waals surface area contributed by atoms with Gasteiger partial charge < -0.3 is 9.90 Å². The van der Waals surface area contributed by atoms with E-state index in [1.165, 1.54) is 24.4 Å². The zero-order valence-electron chi connectivity index (χ0n) is 18.7. The van der Waals surface area contributed by atoms with Crippen molar-refractivity contribution in [2.24, 2.45) is 11.8 Å². The number of carbonyl (C=O) groups is 1. The second-order valence-corrected chi connectivity index (χ2v) is 9.00. The molecule has 10 heteroatoms. The van der Waals surface area contributed by atoms with Crippen LogP contribution in [0.4, 0.5) is 26.3 Å². The van der Waals surface area contributed by atoms with Crippen molar-refractivity contribution in [1.82, 2.24) is 9.88 Å². The van der Waals surface area contributed by atoms with Gasteiger partial charge in [0.05, 0.1) is 5.56 Å². The van der Waals surface area contributed by atoms with Crippen molar-refractivity contribution in [2.45, 2.75) is 57.5 Å². The normalized spacial score (nSPS) is 21.0. The highest BCUT2D eigenvalue weighted by Crippen LogP contribution is 2.44. The van der Waals surface area contributed by atoms with Crippen molar-refractivity contribution in [1.29, 1.82) is 0 Å². The minimum Gasteiger partial charge on any atom is -0.550 e. The molecule has 4 nitrogen and oxygen atoms in total. The Morgan fingerprint density at radius 2 is 1.71 bits per heavy atom. The standard InChI is InChI=1S/C24H26F6N2O2/c1-14(2)22(17-5-8-20(31-13-17)24(28,29)30)32-10-9-15(12-21(33)34)11-19(32)16-3-6-18(7-4-16)23(25,26)27/h3-8,13-15,19,22H,9-12H2,1-2H3,(H,33,34)/p-1/t15-,19+,22-/m1/s1. The number of hydrogen-bond donors (Lipinski definition) is 0. The molecular weight excluding hydrogens is 462 g/mol. The molecule has 3 rings (SSSR count). The van der Waals surface area contributed by atoms with Crippen LogP contribution in [0.25, 0.3) is 0 Å². The lowest BCUT2D eigenvalue weighted by Crippen LogP contribution is -2.42. The number of halogens is 6. The molecule has 1 aromatic carbocycles. The number of rotatable bonds is 6. The largest absolute Gasteiger partial charge is 0.550 e. The summed E-state index contributed by atoms with van der Waals surface area (Å²) in [6.07, 6.45) is -7.16. The number of carboxylic acids is 1. The van der Waals surface area contributed by atoms with E-state index in [4.69, 9.17) is 0 Å². The number of aromatic nitrogens is 1. The quantitative estimate of drug-likeness (QED) is 0.512. The minimum absolute atomic E-state index is 0.0619. The van der Waals surface area contributed by atoms with Crippen LogP contribution in [0.3, 0.4) is 0 Å². The Kier molecular flexibility index (Phi) is 7.59. The molecule has 0 radical (unpaired) electrons. The number of nitrogens with zero attached hydrogens (tertiary/aromatic N) is 2. The first-order valence-corrected chi connectivity index (χ1v) is 10.9. The first-order valence-electron chi connectivity index (χ1n) is 10.9. The van der Waals surface area contributed by atoms with E-state index in [0.717, 1.165) is 18.2 Å². The third-order valence-corrected chi connectivity index (χ3v) is 6.24. The molecule has 0 spiro atoms. The minimum atomic E-state index is -4.57. The molecule has 1 aromatic heterocycles. The monoisotopic (exact) mass is 487 g/mol. The molecule has 2 heterocycles. The SMILES string of the molecule is CC(C)[C@H](c1ccc(C(F)(F)F)nc1)N1CC[C@@H](CC(=O)[O-])C[C@H]1c1ccc(C(F)(F)F)cc1. The summed E-state index contributed by atoms with van der Waals surface area (Å²) in [4.78, 5) is 16.8. The smallest absolute Gasteiger partial charge is 0.433 e. The van der Waals surface area contributed by atoms with Crippen LogP contribution in [0.2, 0.25) is 0 Å². The molecule has 0 bridgehead atoms. The zero-order chi connectivity index (χ0) is 25.3. The van der Waals surface area contributed by atoms with Gasteiger partial charge in [-0.15, -0.1) is 0 Å². The summed E-state index contributed by atoms with van der Waals surface area (Å²) in [7, 11) is 0. The molecule has 186 valence electrons. The number of alkyl halides is 6. The lowest BCUT2D eigenvalue weighted by molar-refractivity contribution is -0.307. The fourth-order valence-electron chi connectivity index (χ4n) is 4.74. The van der Waals surface area contributed by atoms with E-state index < -0.39 is 35.6 Å². The van der Waals surface area contributed by atoms with Crippen molar-refractivity contribution in [3.63, 3.8) is 0 Å². The summed E-state index contributed by atoms with van der Waals surface area (Å²) in [6.45, 7) is 4.23. The average molecular weight is 487 g/mol. The summed E-state index contributed by atoms with van der Waals surface area (Å²) >= 11 is 0. The van der Waals surface area contributed by atoms with E-state index in [1.54, 1.807) is 0 Å². The molecule has 34 heavy (non-hydrogen) atoms. The summed E-state index contributed by atoms with van der Waals surface area (Å²) < 4.78 is 78.1. The number of carbonyl (C=O) groups excluding carboxylic acids is 1. The third-order valence-electron chi connectivity index (χ3n) is 6.24. The lowest BCUT2D eigenvalue weighted by atomic mass is 9.82. The van der Waals surface area contributed by atoms with E-state index in [1.807, 2.05) is 18.7 Å². The maximum absolute atomic E-state index is 13.0. The van der Waals surface area contributed by atoms with Gasteiger partial charge in [0, 0.05) is 24.2 Å². The van der Waals surface area contributed by atoms with Gasteiger partial charge in [0.1, 0.15) is 5.69 Å². The number of carboxylic acid groups (broad SMARTS) is 1. The van der Waals surface area contributed by atoms with Crippen molar-refractivity contribution in [3.05, 3.63) is 65.0 Å². The first-order chi connectivity index (χ1) is 15.8. The number of piperidine rings is 1. The predicted octanol–water partition coefficient (Wildman–Crippen LogP) is 5.41. The molecule has 0 amide bonds. The second kappa shape index (κ2) is 9.93. The Morgan fingerprint density at radius 3 is 2.18 bits per heavy atom. The van der Waals surface area contributed by atoms with Crippen LogP contribution in [-0.4, -0.2) is 22.4 Å². The summed E-state index contributed by atoms with van der Waals surface area (Å²) in [5.41, 5.74) is -0.664. The van der Waals surface area contributed by atoms with Crippen LogP contribution >= 0.6 is 0 Å². The summed E-state index contributed by atoms with van der Waals surface area (Å²) in [5.74, 6) is -1.49. The summed E-state index contributed by atoms with van der Waals surface area (Å²) in [6, 6.07) is 6.23.